The fourth-order valence-corrected chi connectivity index (χ4v) is 5.82. The van der Waals surface area contributed by atoms with E-state index in [1.54, 1.807) is 4.90 Å². The maximum Gasteiger partial charge on any atom is 0.407 e. The summed E-state index contributed by atoms with van der Waals surface area (Å²) in [6.45, 7) is 2.95. The highest BCUT2D eigenvalue weighted by atomic mass is 16.5. The third-order valence-corrected chi connectivity index (χ3v) is 8.14. The normalized spacial score (nSPS) is 22.5. The Morgan fingerprint density at radius 3 is 2.26 bits per heavy atom. The summed E-state index contributed by atoms with van der Waals surface area (Å²) in [6.07, 6.45) is 2.72. The van der Waals surface area contributed by atoms with Crippen molar-refractivity contribution in [1.82, 2.24) is 10.2 Å². The van der Waals surface area contributed by atoms with E-state index in [4.69, 9.17) is 4.74 Å². The molecule has 1 saturated carbocycles. The molecule has 2 unspecified atom stereocenters. The second-order valence-corrected chi connectivity index (χ2v) is 10.3. The molecule has 2 fully saturated rings. The first-order valence-electron chi connectivity index (χ1n) is 12.5. The number of rotatable bonds is 6. The van der Waals surface area contributed by atoms with E-state index < -0.39 is 23.5 Å². The number of piperidine rings is 1. The van der Waals surface area contributed by atoms with Gasteiger partial charge in [0.05, 0.1) is 17.9 Å². The van der Waals surface area contributed by atoms with Gasteiger partial charge in [-0.1, -0.05) is 55.5 Å². The van der Waals surface area contributed by atoms with E-state index in [2.05, 4.69) is 29.6 Å². The fourth-order valence-electron chi connectivity index (χ4n) is 5.82. The average Bonchev–Trinajstić information content (AvgIpc) is 3.15. The van der Waals surface area contributed by atoms with Crippen molar-refractivity contribution < 1.29 is 24.2 Å². The molecule has 2 aromatic carbocycles. The molecule has 7 heteroatoms. The van der Waals surface area contributed by atoms with E-state index in [1.807, 2.05) is 31.2 Å². The van der Waals surface area contributed by atoms with Crippen LogP contribution < -0.4 is 5.32 Å². The zero-order valence-corrected chi connectivity index (χ0v) is 20.0. The van der Waals surface area contributed by atoms with Crippen LogP contribution in [0.3, 0.4) is 0 Å². The Hall–Kier alpha value is -3.35. The predicted octanol–water partition coefficient (Wildman–Crippen LogP) is 4.41. The van der Waals surface area contributed by atoms with Gasteiger partial charge < -0.3 is 20.1 Å². The molecule has 0 spiro atoms. The van der Waals surface area contributed by atoms with Crippen molar-refractivity contribution >= 4 is 18.0 Å². The Bertz CT molecular complexity index is 1100. The van der Waals surface area contributed by atoms with Gasteiger partial charge in [0.1, 0.15) is 6.61 Å². The van der Waals surface area contributed by atoms with E-state index in [1.165, 1.54) is 11.1 Å². The van der Waals surface area contributed by atoms with Crippen molar-refractivity contribution in [2.24, 2.45) is 11.8 Å². The highest BCUT2D eigenvalue weighted by Crippen LogP contribution is 2.44. The van der Waals surface area contributed by atoms with Crippen molar-refractivity contribution in [1.29, 1.82) is 0 Å². The van der Waals surface area contributed by atoms with Gasteiger partial charge in [-0.3, -0.25) is 9.59 Å². The molecule has 5 rings (SSSR count). The third kappa shape index (κ3) is 4.51. The van der Waals surface area contributed by atoms with Crippen LogP contribution in [0.4, 0.5) is 4.79 Å². The first kappa shape index (κ1) is 23.4. The number of carbonyl (C=O) groups excluding carboxylic acids is 2. The molecule has 2 aromatic rings. The maximum absolute atomic E-state index is 13.0. The van der Waals surface area contributed by atoms with Crippen LogP contribution in [-0.2, 0) is 14.3 Å². The second-order valence-electron chi connectivity index (χ2n) is 10.3. The highest BCUT2D eigenvalue weighted by Gasteiger charge is 2.43. The number of likely N-dealkylation sites (tertiary alicyclic amines) is 1. The molecule has 2 aliphatic carbocycles. The number of ether oxygens (including phenoxy) is 1. The molecule has 7 nitrogen and oxygen atoms in total. The van der Waals surface area contributed by atoms with Gasteiger partial charge in [-0.25, -0.2) is 4.79 Å². The van der Waals surface area contributed by atoms with E-state index in [0.29, 0.717) is 13.0 Å². The number of fused-ring (bicyclic) bond motifs is 3. The van der Waals surface area contributed by atoms with Crippen molar-refractivity contribution in [3.05, 3.63) is 59.7 Å². The second kappa shape index (κ2) is 9.36. The molecular weight excluding hydrogens is 444 g/mol. The Balaban J connectivity index is 1.20. The number of hydrogen-bond acceptors (Lipinski definition) is 4. The number of hydrogen-bond donors (Lipinski definition) is 2. The number of nitrogens with zero attached hydrogens (tertiary/aromatic N) is 1. The molecule has 0 bridgehead atoms. The molecular formula is C28H32N2O5. The molecule has 3 aliphatic rings. The lowest BCUT2D eigenvalue weighted by molar-refractivity contribution is -0.148. The first-order valence-corrected chi connectivity index (χ1v) is 12.5. The Labute approximate surface area is 205 Å². The lowest BCUT2D eigenvalue weighted by atomic mass is 9.74. The molecule has 0 radical (unpaired) electrons. The number of aliphatic carboxylic acids is 1. The summed E-state index contributed by atoms with van der Waals surface area (Å²) in [5, 5.41) is 12.5. The van der Waals surface area contributed by atoms with E-state index in [0.717, 1.165) is 30.4 Å². The van der Waals surface area contributed by atoms with Crippen molar-refractivity contribution in [2.45, 2.75) is 50.5 Å². The Kier molecular flexibility index (Phi) is 6.26. The summed E-state index contributed by atoms with van der Waals surface area (Å²) >= 11 is 0. The van der Waals surface area contributed by atoms with E-state index >= 15 is 0 Å². The zero-order chi connectivity index (χ0) is 24.6. The van der Waals surface area contributed by atoms with Crippen molar-refractivity contribution in [2.75, 3.05) is 19.7 Å². The Morgan fingerprint density at radius 1 is 1.06 bits per heavy atom. The lowest BCUT2D eigenvalue weighted by Crippen LogP contribution is -2.57. The lowest BCUT2D eigenvalue weighted by Gasteiger charge is -2.43. The summed E-state index contributed by atoms with van der Waals surface area (Å²) in [5.41, 5.74) is 4.05. The molecule has 2 amide bonds. The van der Waals surface area contributed by atoms with Crippen LogP contribution in [0.25, 0.3) is 11.1 Å². The van der Waals surface area contributed by atoms with Crippen LogP contribution in [0, 0.1) is 11.8 Å². The summed E-state index contributed by atoms with van der Waals surface area (Å²) in [5.74, 6) is -1.46. The van der Waals surface area contributed by atoms with Crippen molar-refractivity contribution in [3.63, 3.8) is 0 Å². The number of amides is 2. The number of benzene rings is 2. The highest BCUT2D eigenvalue weighted by molar-refractivity contribution is 5.81. The predicted molar refractivity (Wildman–Crippen MR) is 131 cm³/mol. The van der Waals surface area contributed by atoms with Crippen LogP contribution in [0.2, 0.25) is 0 Å². The van der Waals surface area contributed by atoms with Gasteiger partial charge in [0.2, 0.25) is 5.91 Å². The van der Waals surface area contributed by atoms with Gasteiger partial charge in [-0.15, -0.1) is 0 Å². The number of carbonyl (C=O) groups is 3. The molecule has 2 atom stereocenters. The summed E-state index contributed by atoms with van der Waals surface area (Å²) in [4.78, 5) is 39.1. The molecule has 0 aromatic heterocycles. The minimum atomic E-state index is -0.856. The van der Waals surface area contributed by atoms with Gasteiger partial charge in [-0.2, -0.15) is 0 Å². The van der Waals surface area contributed by atoms with Gasteiger partial charge >= 0.3 is 12.1 Å². The monoisotopic (exact) mass is 476 g/mol. The first-order chi connectivity index (χ1) is 16.9. The number of nitrogens with one attached hydrogen (secondary N) is 1. The van der Waals surface area contributed by atoms with Crippen LogP contribution in [-0.4, -0.2) is 53.2 Å². The van der Waals surface area contributed by atoms with Gasteiger partial charge in [0.25, 0.3) is 0 Å². The van der Waals surface area contributed by atoms with Crippen LogP contribution in [0.15, 0.2) is 48.5 Å². The molecule has 35 heavy (non-hydrogen) atoms. The van der Waals surface area contributed by atoms with Gasteiger partial charge in [-0.05, 0) is 53.9 Å². The zero-order valence-electron chi connectivity index (χ0n) is 20.0. The average molecular weight is 477 g/mol. The van der Waals surface area contributed by atoms with E-state index in [-0.39, 0.29) is 37.3 Å². The molecule has 1 heterocycles. The standard InChI is InChI=1S/C28H32N2O5/c1-18-11-14-30(16-23(18)26(32)33)25(31)15-28(12-6-13-28)29-27(34)35-17-24-21-9-4-2-7-19(21)20-8-3-5-10-22(20)24/h2-5,7-10,18,23-24H,6,11-17H2,1H3,(H,29,34)(H,32,33). The van der Waals surface area contributed by atoms with E-state index in [9.17, 15) is 19.5 Å². The van der Waals surface area contributed by atoms with Crippen LogP contribution in [0.1, 0.15) is 56.1 Å². The number of alkyl carbamates (subject to hydrolysis) is 1. The largest absolute Gasteiger partial charge is 0.481 e. The van der Waals surface area contributed by atoms with Crippen LogP contribution in [0.5, 0.6) is 0 Å². The third-order valence-electron chi connectivity index (χ3n) is 8.14. The fraction of sp³-hybridized carbons (Fsp3) is 0.464. The molecule has 2 N–H and O–H groups in total. The summed E-state index contributed by atoms with van der Waals surface area (Å²) < 4.78 is 5.71. The minimum absolute atomic E-state index is 0.0181. The Morgan fingerprint density at radius 2 is 1.69 bits per heavy atom. The van der Waals surface area contributed by atoms with Crippen LogP contribution >= 0.6 is 0 Å². The van der Waals surface area contributed by atoms with Gasteiger partial charge in [0, 0.05) is 19.0 Å². The molecule has 1 saturated heterocycles. The summed E-state index contributed by atoms with van der Waals surface area (Å²) in [7, 11) is 0. The number of carboxylic acids is 1. The summed E-state index contributed by atoms with van der Waals surface area (Å²) in [6, 6.07) is 16.4. The van der Waals surface area contributed by atoms with Crippen molar-refractivity contribution in [3.8, 4) is 11.1 Å². The maximum atomic E-state index is 13.0. The minimum Gasteiger partial charge on any atom is -0.481 e. The topological polar surface area (TPSA) is 95.9 Å². The number of carboxylic acid groups (broad SMARTS) is 1. The van der Waals surface area contributed by atoms with Gasteiger partial charge in [0.15, 0.2) is 0 Å². The SMILES string of the molecule is CC1CCN(C(=O)CC2(NC(=O)OCC3c4ccccc4-c4ccccc43)CCC2)CC1C(=O)O. The molecule has 184 valence electrons. The quantitative estimate of drug-likeness (QED) is 0.644. The smallest absolute Gasteiger partial charge is 0.407 e. The molecule has 1 aliphatic heterocycles.